The molecule has 1 atom stereocenters. The summed E-state index contributed by atoms with van der Waals surface area (Å²) in [5, 5.41) is 0. The molecule has 2 nitrogen and oxygen atoms in total. The van der Waals surface area contributed by atoms with Gasteiger partial charge in [-0.1, -0.05) is 19.1 Å². The molecule has 0 aromatic carbocycles. The van der Waals surface area contributed by atoms with Crippen LogP contribution in [0.1, 0.15) is 33.6 Å². The molecule has 2 heteroatoms. The highest BCUT2D eigenvalue weighted by Gasteiger charge is 2.11. The van der Waals surface area contributed by atoms with E-state index in [1.165, 1.54) is 5.70 Å². The van der Waals surface area contributed by atoms with Crippen LogP contribution in [-0.4, -0.2) is 24.5 Å². The lowest BCUT2D eigenvalue weighted by molar-refractivity contribution is 0.290. The van der Waals surface area contributed by atoms with E-state index < -0.39 is 0 Å². The van der Waals surface area contributed by atoms with E-state index in [-0.39, 0.29) is 0 Å². The van der Waals surface area contributed by atoms with Crippen molar-refractivity contribution in [3.8, 4) is 0 Å². The minimum absolute atomic E-state index is 0.558. The van der Waals surface area contributed by atoms with Crippen LogP contribution in [0.2, 0.25) is 0 Å². The zero-order valence-corrected chi connectivity index (χ0v) is 9.96. The molecular weight excluding hydrogens is 172 g/mol. The maximum Gasteiger partial charge on any atom is 0.0319 e. The Hall–Kier alpha value is -0.760. The molecule has 0 amide bonds. The smallest absolute Gasteiger partial charge is 0.0319 e. The van der Waals surface area contributed by atoms with Gasteiger partial charge in [0.2, 0.25) is 0 Å². The minimum Gasteiger partial charge on any atom is -0.372 e. The fourth-order valence-electron chi connectivity index (χ4n) is 1.66. The third-order valence-corrected chi connectivity index (χ3v) is 2.56. The van der Waals surface area contributed by atoms with Crippen LogP contribution in [0.5, 0.6) is 0 Å². The molecule has 1 unspecified atom stereocenters. The van der Waals surface area contributed by atoms with Gasteiger partial charge >= 0.3 is 0 Å². The van der Waals surface area contributed by atoms with Crippen LogP contribution < -0.4 is 5.73 Å². The molecule has 0 saturated heterocycles. The van der Waals surface area contributed by atoms with Gasteiger partial charge in [-0.2, -0.15) is 0 Å². The monoisotopic (exact) mass is 196 g/mol. The van der Waals surface area contributed by atoms with Crippen LogP contribution in [0, 0.1) is 0 Å². The number of hydrogen-bond acceptors (Lipinski definition) is 2. The molecule has 82 valence electrons. The standard InChI is InChI=1S/C12H24N2/c1-5-8-11(6-2)14(4)12(7-3)9-10-13/h5-6,8,12H,7,9-10,13H2,1-4H3/b8-5-,11-6+. The Morgan fingerprint density at radius 1 is 1.43 bits per heavy atom. The van der Waals surface area contributed by atoms with Gasteiger partial charge in [0, 0.05) is 18.8 Å². The summed E-state index contributed by atoms with van der Waals surface area (Å²) in [6.45, 7) is 7.08. The fraction of sp³-hybridized carbons (Fsp3) is 0.667. The highest BCUT2D eigenvalue weighted by atomic mass is 15.1. The van der Waals surface area contributed by atoms with Crippen molar-refractivity contribution >= 4 is 0 Å². The van der Waals surface area contributed by atoms with Gasteiger partial charge < -0.3 is 10.6 Å². The molecule has 0 fully saturated rings. The molecule has 0 aliphatic carbocycles. The topological polar surface area (TPSA) is 29.3 Å². The fourth-order valence-corrected chi connectivity index (χ4v) is 1.66. The second-order valence-corrected chi connectivity index (χ2v) is 3.46. The normalized spacial score (nSPS) is 14.8. The highest BCUT2D eigenvalue weighted by Crippen LogP contribution is 2.13. The van der Waals surface area contributed by atoms with Crippen molar-refractivity contribution in [2.75, 3.05) is 13.6 Å². The SMILES string of the molecule is C/C=C\C(=C/C)N(C)C(CC)CCN. The summed E-state index contributed by atoms with van der Waals surface area (Å²) in [6.07, 6.45) is 8.55. The summed E-state index contributed by atoms with van der Waals surface area (Å²) < 4.78 is 0. The number of rotatable bonds is 6. The first kappa shape index (κ1) is 13.2. The van der Waals surface area contributed by atoms with Gasteiger partial charge in [0.05, 0.1) is 0 Å². The van der Waals surface area contributed by atoms with E-state index in [2.05, 4.69) is 44.0 Å². The number of hydrogen-bond donors (Lipinski definition) is 1. The van der Waals surface area contributed by atoms with Gasteiger partial charge in [-0.05, 0) is 39.3 Å². The molecular formula is C12H24N2. The Balaban J connectivity index is 4.45. The van der Waals surface area contributed by atoms with Crippen molar-refractivity contribution in [3.05, 3.63) is 23.9 Å². The van der Waals surface area contributed by atoms with Crippen LogP contribution in [0.15, 0.2) is 23.9 Å². The van der Waals surface area contributed by atoms with Crippen molar-refractivity contribution in [2.24, 2.45) is 5.73 Å². The molecule has 0 bridgehead atoms. The van der Waals surface area contributed by atoms with E-state index in [0.29, 0.717) is 6.04 Å². The first-order valence-electron chi connectivity index (χ1n) is 5.43. The van der Waals surface area contributed by atoms with E-state index in [9.17, 15) is 0 Å². The molecule has 0 aromatic heterocycles. The largest absolute Gasteiger partial charge is 0.372 e. The summed E-state index contributed by atoms with van der Waals surface area (Å²) in [5.74, 6) is 0. The lowest BCUT2D eigenvalue weighted by Gasteiger charge is -2.29. The summed E-state index contributed by atoms with van der Waals surface area (Å²) >= 11 is 0. The molecule has 0 saturated carbocycles. The lowest BCUT2D eigenvalue weighted by Crippen LogP contribution is -2.31. The summed E-state index contributed by atoms with van der Waals surface area (Å²) in [5.41, 5.74) is 6.87. The summed E-state index contributed by atoms with van der Waals surface area (Å²) in [6, 6.07) is 0.558. The van der Waals surface area contributed by atoms with Crippen LogP contribution in [0.3, 0.4) is 0 Å². The van der Waals surface area contributed by atoms with Crippen LogP contribution in [-0.2, 0) is 0 Å². The van der Waals surface area contributed by atoms with Gasteiger partial charge in [0.15, 0.2) is 0 Å². The third-order valence-electron chi connectivity index (χ3n) is 2.56. The van der Waals surface area contributed by atoms with Crippen LogP contribution in [0.25, 0.3) is 0 Å². The Kier molecular flexibility index (Phi) is 7.21. The maximum atomic E-state index is 5.59. The van der Waals surface area contributed by atoms with Crippen molar-refractivity contribution in [3.63, 3.8) is 0 Å². The molecule has 0 aliphatic heterocycles. The highest BCUT2D eigenvalue weighted by molar-refractivity contribution is 5.16. The zero-order chi connectivity index (χ0) is 11.0. The molecule has 0 heterocycles. The first-order chi connectivity index (χ1) is 6.71. The minimum atomic E-state index is 0.558. The molecule has 0 aromatic rings. The Morgan fingerprint density at radius 3 is 2.43 bits per heavy atom. The Labute approximate surface area is 88.5 Å². The van der Waals surface area contributed by atoms with Gasteiger partial charge in [-0.15, -0.1) is 0 Å². The molecule has 0 radical (unpaired) electrons. The Morgan fingerprint density at radius 2 is 2.07 bits per heavy atom. The number of nitrogens with two attached hydrogens (primary N) is 1. The van der Waals surface area contributed by atoms with Gasteiger partial charge in [-0.3, -0.25) is 0 Å². The van der Waals surface area contributed by atoms with E-state index in [1.54, 1.807) is 0 Å². The van der Waals surface area contributed by atoms with Crippen molar-refractivity contribution in [1.82, 2.24) is 4.90 Å². The summed E-state index contributed by atoms with van der Waals surface area (Å²) in [4.78, 5) is 2.31. The Bertz CT molecular complexity index is 194. The maximum absolute atomic E-state index is 5.59. The second kappa shape index (κ2) is 7.63. The number of allylic oxidation sites excluding steroid dienone is 3. The van der Waals surface area contributed by atoms with Crippen molar-refractivity contribution in [2.45, 2.75) is 39.7 Å². The predicted molar refractivity (Wildman–Crippen MR) is 64.1 cm³/mol. The van der Waals surface area contributed by atoms with Gasteiger partial charge in [0.25, 0.3) is 0 Å². The average Bonchev–Trinajstić information content (AvgIpc) is 2.21. The quantitative estimate of drug-likeness (QED) is 0.661. The molecule has 0 rings (SSSR count). The first-order valence-corrected chi connectivity index (χ1v) is 5.43. The lowest BCUT2D eigenvalue weighted by atomic mass is 10.1. The van der Waals surface area contributed by atoms with E-state index in [0.717, 1.165) is 19.4 Å². The molecule has 14 heavy (non-hydrogen) atoms. The molecule has 2 N–H and O–H groups in total. The van der Waals surface area contributed by atoms with E-state index >= 15 is 0 Å². The van der Waals surface area contributed by atoms with Crippen LogP contribution >= 0.6 is 0 Å². The predicted octanol–water partition coefficient (Wildman–Crippen LogP) is 2.53. The summed E-state index contributed by atoms with van der Waals surface area (Å²) in [7, 11) is 2.14. The molecule has 0 aliphatic rings. The third kappa shape index (κ3) is 3.97. The van der Waals surface area contributed by atoms with E-state index in [1.807, 2.05) is 6.92 Å². The van der Waals surface area contributed by atoms with E-state index in [4.69, 9.17) is 5.73 Å². The number of nitrogens with zero attached hydrogens (tertiary/aromatic N) is 1. The molecule has 0 spiro atoms. The van der Waals surface area contributed by atoms with Crippen molar-refractivity contribution < 1.29 is 0 Å². The van der Waals surface area contributed by atoms with Gasteiger partial charge in [-0.25, -0.2) is 0 Å². The second-order valence-electron chi connectivity index (χ2n) is 3.46. The average molecular weight is 196 g/mol. The van der Waals surface area contributed by atoms with Gasteiger partial charge in [0.1, 0.15) is 0 Å². The van der Waals surface area contributed by atoms with Crippen molar-refractivity contribution in [1.29, 1.82) is 0 Å². The number of likely N-dealkylation sites (N-methyl/N-ethyl adjacent to an activating group) is 1. The van der Waals surface area contributed by atoms with Crippen LogP contribution in [0.4, 0.5) is 0 Å². The zero-order valence-electron chi connectivity index (χ0n) is 9.96.